The van der Waals surface area contributed by atoms with Gasteiger partial charge < -0.3 is 14.7 Å². The molecule has 102 valence electrons. The molecule has 1 aromatic rings. The summed E-state index contributed by atoms with van der Waals surface area (Å²) in [5.41, 5.74) is 1.04. The van der Waals surface area contributed by atoms with E-state index in [1.54, 1.807) is 18.4 Å². The van der Waals surface area contributed by atoms with Crippen LogP contribution in [0.5, 0.6) is 0 Å². The zero-order chi connectivity index (χ0) is 13.1. The highest BCUT2D eigenvalue weighted by Gasteiger charge is 2.23. The van der Waals surface area contributed by atoms with Crippen LogP contribution in [0.25, 0.3) is 0 Å². The van der Waals surface area contributed by atoms with Crippen LogP contribution in [0.1, 0.15) is 43.2 Å². The number of rotatable bonds is 4. The fourth-order valence-corrected chi connectivity index (χ4v) is 3.46. The highest BCUT2D eigenvalue weighted by atomic mass is 32.1. The van der Waals surface area contributed by atoms with E-state index < -0.39 is 0 Å². The van der Waals surface area contributed by atoms with E-state index >= 15 is 0 Å². The molecule has 2 rings (SSSR count). The molecule has 2 heterocycles. The van der Waals surface area contributed by atoms with Crippen LogP contribution in [0.2, 0.25) is 0 Å². The minimum Gasteiger partial charge on any atom is -0.391 e. The van der Waals surface area contributed by atoms with Crippen molar-refractivity contribution in [1.29, 1.82) is 0 Å². The number of ether oxygens (including phenoxy) is 1. The molecule has 1 fully saturated rings. The lowest BCUT2D eigenvalue weighted by Gasteiger charge is -2.31. The van der Waals surface area contributed by atoms with Gasteiger partial charge in [0.05, 0.1) is 23.3 Å². The Morgan fingerprint density at radius 1 is 1.56 bits per heavy atom. The van der Waals surface area contributed by atoms with E-state index in [1.165, 1.54) is 0 Å². The number of aliphatic hydroxyl groups is 1. The number of anilines is 1. The molecule has 4 nitrogen and oxygen atoms in total. The SMILES string of the molecule is COC1CCCN(c2nc(C(C)C)c(CO)s2)C1. The zero-order valence-corrected chi connectivity index (χ0v) is 12.2. The van der Waals surface area contributed by atoms with E-state index in [-0.39, 0.29) is 6.61 Å². The largest absolute Gasteiger partial charge is 0.391 e. The molecule has 0 aliphatic carbocycles. The Kier molecular flexibility index (Phi) is 4.59. The molecule has 1 unspecified atom stereocenters. The first kappa shape index (κ1) is 13.8. The third-order valence-electron chi connectivity index (χ3n) is 3.39. The monoisotopic (exact) mass is 270 g/mol. The Morgan fingerprint density at radius 2 is 2.33 bits per heavy atom. The highest BCUT2D eigenvalue weighted by molar-refractivity contribution is 7.15. The van der Waals surface area contributed by atoms with Crippen molar-refractivity contribution >= 4 is 16.5 Å². The zero-order valence-electron chi connectivity index (χ0n) is 11.3. The van der Waals surface area contributed by atoms with Gasteiger partial charge >= 0.3 is 0 Å². The molecule has 1 N–H and O–H groups in total. The maximum atomic E-state index is 9.40. The molecule has 0 saturated carbocycles. The number of methoxy groups -OCH3 is 1. The van der Waals surface area contributed by atoms with Crippen molar-refractivity contribution in [2.45, 2.75) is 45.3 Å². The van der Waals surface area contributed by atoms with Gasteiger partial charge in [0.1, 0.15) is 0 Å². The molecule has 1 aliphatic heterocycles. The van der Waals surface area contributed by atoms with Crippen molar-refractivity contribution in [3.8, 4) is 0 Å². The van der Waals surface area contributed by atoms with Gasteiger partial charge in [0.2, 0.25) is 0 Å². The Morgan fingerprint density at radius 3 is 2.89 bits per heavy atom. The number of aromatic nitrogens is 1. The number of aliphatic hydroxyl groups excluding tert-OH is 1. The quantitative estimate of drug-likeness (QED) is 0.912. The minimum atomic E-state index is 0.0900. The first-order chi connectivity index (χ1) is 8.65. The van der Waals surface area contributed by atoms with Gasteiger partial charge in [-0.05, 0) is 18.8 Å². The van der Waals surface area contributed by atoms with Gasteiger partial charge in [0.25, 0.3) is 0 Å². The van der Waals surface area contributed by atoms with Gasteiger partial charge in [0, 0.05) is 20.2 Å². The van der Waals surface area contributed by atoms with E-state index in [2.05, 4.69) is 18.7 Å². The molecule has 0 bridgehead atoms. The van der Waals surface area contributed by atoms with Crippen molar-refractivity contribution < 1.29 is 9.84 Å². The number of nitrogens with zero attached hydrogens (tertiary/aromatic N) is 2. The van der Waals surface area contributed by atoms with E-state index in [0.29, 0.717) is 12.0 Å². The van der Waals surface area contributed by atoms with Gasteiger partial charge in [0.15, 0.2) is 5.13 Å². The fraction of sp³-hybridized carbons (Fsp3) is 0.769. The molecular weight excluding hydrogens is 248 g/mol. The summed E-state index contributed by atoms with van der Waals surface area (Å²) in [6.45, 7) is 6.27. The van der Waals surface area contributed by atoms with Crippen molar-refractivity contribution in [1.82, 2.24) is 4.98 Å². The Balaban J connectivity index is 2.17. The third-order valence-corrected chi connectivity index (χ3v) is 4.51. The smallest absolute Gasteiger partial charge is 0.185 e. The van der Waals surface area contributed by atoms with E-state index in [0.717, 1.165) is 41.6 Å². The summed E-state index contributed by atoms with van der Waals surface area (Å²) < 4.78 is 5.44. The maximum Gasteiger partial charge on any atom is 0.185 e. The summed E-state index contributed by atoms with van der Waals surface area (Å²) in [6.07, 6.45) is 2.58. The number of thiazole rings is 1. The second kappa shape index (κ2) is 5.99. The van der Waals surface area contributed by atoms with Gasteiger partial charge in [-0.1, -0.05) is 25.2 Å². The predicted molar refractivity (Wildman–Crippen MR) is 74.4 cm³/mol. The molecule has 0 amide bonds. The van der Waals surface area contributed by atoms with Gasteiger partial charge in [-0.3, -0.25) is 0 Å². The van der Waals surface area contributed by atoms with Crippen LogP contribution in [0, 0.1) is 0 Å². The number of piperidine rings is 1. The lowest BCUT2D eigenvalue weighted by molar-refractivity contribution is 0.0893. The number of hydrogen-bond donors (Lipinski definition) is 1. The van der Waals surface area contributed by atoms with Crippen molar-refractivity contribution in [3.63, 3.8) is 0 Å². The van der Waals surface area contributed by atoms with Crippen molar-refractivity contribution in [3.05, 3.63) is 10.6 Å². The summed E-state index contributed by atoms with van der Waals surface area (Å²) in [4.78, 5) is 7.99. The lowest BCUT2D eigenvalue weighted by atomic mass is 10.1. The second-order valence-corrected chi connectivity index (χ2v) is 6.13. The Bertz CT molecular complexity index is 392. The number of hydrogen-bond acceptors (Lipinski definition) is 5. The molecule has 0 spiro atoms. The Hall–Kier alpha value is -0.650. The summed E-state index contributed by atoms with van der Waals surface area (Å²) in [7, 11) is 1.77. The third kappa shape index (κ3) is 2.84. The predicted octanol–water partition coefficient (Wildman–Crippen LogP) is 2.37. The molecular formula is C13H22N2O2S. The standard InChI is InChI=1S/C13H22N2O2S/c1-9(2)12-11(8-16)18-13(14-12)15-6-4-5-10(7-15)17-3/h9-10,16H,4-8H2,1-3H3. The van der Waals surface area contributed by atoms with Crippen LogP contribution >= 0.6 is 11.3 Å². The average molecular weight is 270 g/mol. The molecule has 0 radical (unpaired) electrons. The van der Waals surface area contributed by atoms with Crippen LogP contribution in [0.4, 0.5) is 5.13 Å². The molecule has 0 aromatic carbocycles. The maximum absolute atomic E-state index is 9.40. The summed E-state index contributed by atoms with van der Waals surface area (Å²) in [5.74, 6) is 0.361. The van der Waals surface area contributed by atoms with Gasteiger partial charge in [-0.2, -0.15) is 0 Å². The summed E-state index contributed by atoms with van der Waals surface area (Å²) in [5, 5.41) is 10.4. The van der Waals surface area contributed by atoms with Crippen LogP contribution in [0.3, 0.4) is 0 Å². The Labute approximate surface area is 113 Å². The minimum absolute atomic E-state index is 0.0900. The van der Waals surface area contributed by atoms with Crippen molar-refractivity contribution in [2.75, 3.05) is 25.1 Å². The fourth-order valence-electron chi connectivity index (χ4n) is 2.35. The summed E-state index contributed by atoms with van der Waals surface area (Å²) in [6, 6.07) is 0. The molecule has 1 atom stereocenters. The first-order valence-corrected chi connectivity index (χ1v) is 7.35. The normalized spacial score (nSPS) is 20.7. The topological polar surface area (TPSA) is 45.6 Å². The molecule has 1 saturated heterocycles. The average Bonchev–Trinajstić information content (AvgIpc) is 2.83. The molecule has 1 aliphatic rings. The van der Waals surface area contributed by atoms with Crippen LogP contribution in [0.15, 0.2) is 0 Å². The lowest BCUT2D eigenvalue weighted by Crippen LogP contribution is -2.39. The molecule has 18 heavy (non-hydrogen) atoms. The highest BCUT2D eigenvalue weighted by Crippen LogP contribution is 2.32. The molecule has 5 heteroatoms. The van der Waals surface area contributed by atoms with Gasteiger partial charge in [-0.25, -0.2) is 4.98 Å². The second-order valence-electron chi connectivity index (χ2n) is 5.06. The van der Waals surface area contributed by atoms with Crippen LogP contribution in [-0.4, -0.2) is 36.4 Å². The van der Waals surface area contributed by atoms with E-state index in [9.17, 15) is 5.11 Å². The molecule has 1 aromatic heterocycles. The van der Waals surface area contributed by atoms with Crippen LogP contribution < -0.4 is 4.90 Å². The summed E-state index contributed by atoms with van der Waals surface area (Å²) >= 11 is 1.62. The first-order valence-electron chi connectivity index (χ1n) is 6.54. The van der Waals surface area contributed by atoms with E-state index in [4.69, 9.17) is 9.72 Å². The van der Waals surface area contributed by atoms with Gasteiger partial charge in [-0.15, -0.1) is 0 Å². The van der Waals surface area contributed by atoms with E-state index in [1.807, 2.05) is 0 Å². The van der Waals surface area contributed by atoms with Crippen LogP contribution in [-0.2, 0) is 11.3 Å². The van der Waals surface area contributed by atoms with Crippen molar-refractivity contribution in [2.24, 2.45) is 0 Å².